The molecule has 0 bridgehead atoms. The molecule has 1 rings (SSSR count). The van der Waals surface area contributed by atoms with Gasteiger partial charge in [0.25, 0.3) is 0 Å². The molecule has 0 aliphatic heterocycles. The van der Waals surface area contributed by atoms with Crippen LogP contribution in [0.1, 0.15) is 66.2 Å². The smallest absolute Gasteiger partial charge is 0.220 e. The third-order valence-electron chi connectivity index (χ3n) is 4.25. The standard InChI is InChI=1S/C15H28ClNO/c1-11(15(2,3)4)10-14(18)17-13-9-7-5-6-8-12(13)16/h11-13H,5-10H2,1-4H3,(H,17,18). The summed E-state index contributed by atoms with van der Waals surface area (Å²) in [7, 11) is 0. The number of amides is 1. The molecule has 1 aliphatic rings. The molecule has 0 aromatic heterocycles. The predicted molar refractivity (Wildman–Crippen MR) is 77.9 cm³/mol. The van der Waals surface area contributed by atoms with Gasteiger partial charge in [-0.3, -0.25) is 4.79 Å². The van der Waals surface area contributed by atoms with Gasteiger partial charge in [-0.15, -0.1) is 11.6 Å². The van der Waals surface area contributed by atoms with Gasteiger partial charge in [-0.05, 0) is 24.2 Å². The average Bonchev–Trinajstić information content (AvgIpc) is 2.43. The van der Waals surface area contributed by atoms with E-state index in [9.17, 15) is 4.79 Å². The van der Waals surface area contributed by atoms with Crippen LogP contribution in [-0.4, -0.2) is 17.3 Å². The van der Waals surface area contributed by atoms with E-state index in [0.29, 0.717) is 12.3 Å². The van der Waals surface area contributed by atoms with Crippen LogP contribution < -0.4 is 5.32 Å². The van der Waals surface area contributed by atoms with E-state index >= 15 is 0 Å². The van der Waals surface area contributed by atoms with Crippen LogP contribution in [0.15, 0.2) is 0 Å². The summed E-state index contributed by atoms with van der Waals surface area (Å²) < 4.78 is 0. The monoisotopic (exact) mass is 273 g/mol. The first-order valence-electron chi connectivity index (χ1n) is 7.24. The highest BCUT2D eigenvalue weighted by Crippen LogP contribution is 2.28. The van der Waals surface area contributed by atoms with Crippen LogP contribution in [0, 0.1) is 11.3 Å². The lowest BCUT2D eigenvalue weighted by atomic mass is 9.80. The van der Waals surface area contributed by atoms with Crippen molar-refractivity contribution in [3.05, 3.63) is 0 Å². The maximum atomic E-state index is 12.1. The number of halogens is 1. The Morgan fingerprint density at radius 2 is 1.89 bits per heavy atom. The molecule has 1 aliphatic carbocycles. The van der Waals surface area contributed by atoms with Crippen LogP contribution in [-0.2, 0) is 4.79 Å². The van der Waals surface area contributed by atoms with Gasteiger partial charge >= 0.3 is 0 Å². The fraction of sp³-hybridized carbons (Fsp3) is 0.933. The number of alkyl halides is 1. The first-order chi connectivity index (χ1) is 8.30. The number of nitrogens with one attached hydrogen (secondary N) is 1. The molecule has 2 nitrogen and oxygen atoms in total. The molecule has 3 unspecified atom stereocenters. The number of carbonyl (C=O) groups is 1. The van der Waals surface area contributed by atoms with Crippen LogP contribution in [0.5, 0.6) is 0 Å². The Labute approximate surface area is 117 Å². The van der Waals surface area contributed by atoms with E-state index in [4.69, 9.17) is 11.6 Å². The fourth-order valence-corrected chi connectivity index (χ4v) is 2.62. The average molecular weight is 274 g/mol. The van der Waals surface area contributed by atoms with Crippen LogP contribution in [0.4, 0.5) is 0 Å². The lowest BCUT2D eigenvalue weighted by Gasteiger charge is -2.28. The Bertz CT molecular complexity index is 272. The van der Waals surface area contributed by atoms with Gasteiger partial charge in [-0.1, -0.05) is 47.0 Å². The van der Waals surface area contributed by atoms with Crippen molar-refractivity contribution in [3.63, 3.8) is 0 Å². The van der Waals surface area contributed by atoms with Gasteiger partial charge in [-0.25, -0.2) is 0 Å². The fourth-order valence-electron chi connectivity index (χ4n) is 2.27. The molecule has 0 saturated heterocycles. The van der Waals surface area contributed by atoms with Crippen molar-refractivity contribution in [2.24, 2.45) is 11.3 Å². The van der Waals surface area contributed by atoms with Crippen LogP contribution >= 0.6 is 11.6 Å². The van der Waals surface area contributed by atoms with Gasteiger partial charge < -0.3 is 5.32 Å². The normalized spacial score (nSPS) is 27.4. The minimum Gasteiger partial charge on any atom is -0.352 e. The number of rotatable bonds is 3. The van der Waals surface area contributed by atoms with E-state index in [0.717, 1.165) is 12.8 Å². The highest BCUT2D eigenvalue weighted by Gasteiger charge is 2.26. The predicted octanol–water partition coefficient (Wildman–Crippen LogP) is 4.12. The molecule has 3 heteroatoms. The molecule has 0 heterocycles. The minimum absolute atomic E-state index is 0.112. The molecule has 0 aromatic carbocycles. The first kappa shape index (κ1) is 15.8. The zero-order valence-corrected chi connectivity index (χ0v) is 13.0. The lowest BCUT2D eigenvalue weighted by Crippen LogP contribution is -2.41. The van der Waals surface area contributed by atoms with E-state index in [2.05, 4.69) is 33.0 Å². The molecule has 1 saturated carbocycles. The van der Waals surface area contributed by atoms with Crippen LogP contribution in [0.3, 0.4) is 0 Å². The number of hydrogen-bond acceptors (Lipinski definition) is 1. The lowest BCUT2D eigenvalue weighted by molar-refractivity contribution is -0.123. The highest BCUT2D eigenvalue weighted by atomic mass is 35.5. The van der Waals surface area contributed by atoms with Crippen molar-refractivity contribution in [2.45, 2.75) is 77.6 Å². The Balaban J connectivity index is 2.43. The summed E-state index contributed by atoms with van der Waals surface area (Å²) in [6, 6.07) is 0.175. The van der Waals surface area contributed by atoms with Gasteiger partial charge in [0, 0.05) is 12.5 Å². The Hall–Kier alpha value is -0.240. The number of hydrogen-bond donors (Lipinski definition) is 1. The Morgan fingerprint density at radius 3 is 2.50 bits per heavy atom. The van der Waals surface area contributed by atoms with E-state index in [1.54, 1.807) is 0 Å². The number of carbonyl (C=O) groups excluding carboxylic acids is 1. The molecule has 1 N–H and O–H groups in total. The third-order valence-corrected chi connectivity index (χ3v) is 4.77. The largest absolute Gasteiger partial charge is 0.352 e. The summed E-state index contributed by atoms with van der Waals surface area (Å²) >= 11 is 6.34. The second-order valence-corrected chi connectivity index (χ2v) is 7.36. The first-order valence-corrected chi connectivity index (χ1v) is 7.68. The van der Waals surface area contributed by atoms with Gasteiger partial charge in [0.2, 0.25) is 5.91 Å². The van der Waals surface area contributed by atoms with E-state index < -0.39 is 0 Å². The topological polar surface area (TPSA) is 29.1 Å². The maximum absolute atomic E-state index is 12.1. The summed E-state index contributed by atoms with van der Waals surface area (Å²) in [5, 5.41) is 3.25. The second-order valence-electron chi connectivity index (χ2n) is 6.80. The summed E-state index contributed by atoms with van der Waals surface area (Å²) in [6.07, 6.45) is 6.28. The zero-order chi connectivity index (χ0) is 13.8. The quantitative estimate of drug-likeness (QED) is 0.608. The van der Waals surface area contributed by atoms with E-state index in [-0.39, 0.29) is 22.7 Å². The third kappa shape index (κ3) is 5.17. The van der Waals surface area contributed by atoms with Crippen molar-refractivity contribution in [3.8, 4) is 0 Å². The molecule has 18 heavy (non-hydrogen) atoms. The summed E-state index contributed by atoms with van der Waals surface area (Å²) in [5.41, 5.74) is 0.182. The summed E-state index contributed by atoms with van der Waals surface area (Å²) in [4.78, 5) is 12.1. The Kier molecular flexibility index (Phi) is 5.97. The molecule has 106 valence electrons. The molecule has 3 atom stereocenters. The molecular weight excluding hydrogens is 246 g/mol. The van der Waals surface area contributed by atoms with Crippen molar-refractivity contribution in [1.82, 2.24) is 5.32 Å². The molecular formula is C15H28ClNO. The minimum atomic E-state index is 0.112. The summed E-state index contributed by atoms with van der Waals surface area (Å²) in [5.74, 6) is 0.548. The maximum Gasteiger partial charge on any atom is 0.220 e. The van der Waals surface area contributed by atoms with Crippen molar-refractivity contribution >= 4 is 17.5 Å². The Morgan fingerprint density at radius 1 is 1.28 bits per heavy atom. The zero-order valence-electron chi connectivity index (χ0n) is 12.3. The van der Waals surface area contributed by atoms with Crippen molar-refractivity contribution in [1.29, 1.82) is 0 Å². The van der Waals surface area contributed by atoms with Gasteiger partial charge in [0.15, 0.2) is 0 Å². The molecule has 0 aromatic rings. The van der Waals surface area contributed by atoms with Crippen molar-refractivity contribution in [2.75, 3.05) is 0 Å². The molecule has 1 fully saturated rings. The molecule has 0 radical (unpaired) electrons. The van der Waals surface area contributed by atoms with Crippen LogP contribution in [0.25, 0.3) is 0 Å². The van der Waals surface area contributed by atoms with E-state index in [1.807, 2.05) is 0 Å². The van der Waals surface area contributed by atoms with Gasteiger partial charge in [0.1, 0.15) is 0 Å². The second kappa shape index (κ2) is 6.79. The molecule has 1 amide bonds. The summed E-state index contributed by atoms with van der Waals surface area (Å²) in [6.45, 7) is 8.69. The van der Waals surface area contributed by atoms with Gasteiger partial charge in [0.05, 0.1) is 5.38 Å². The molecule has 0 spiro atoms. The van der Waals surface area contributed by atoms with Crippen LogP contribution in [0.2, 0.25) is 0 Å². The van der Waals surface area contributed by atoms with Gasteiger partial charge in [-0.2, -0.15) is 0 Å². The highest BCUT2D eigenvalue weighted by molar-refractivity contribution is 6.21. The van der Waals surface area contributed by atoms with E-state index in [1.165, 1.54) is 19.3 Å². The van der Waals surface area contributed by atoms with Crippen molar-refractivity contribution < 1.29 is 4.79 Å². The SMILES string of the molecule is CC(CC(=O)NC1CCCCCC1Cl)C(C)(C)C.